The normalized spacial score (nSPS) is 12.2. The van der Waals surface area contributed by atoms with Crippen LogP contribution in [0.4, 0.5) is 4.39 Å². The van der Waals surface area contributed by atoms with Gasteiger partial charge in [0.1, 0.15) is 6.04 Å². The lowest BCUT2D eigenvalue weighted by Crippen LogP contribution is -2.53. The second-order valence-electron chi connectivity index (χ2n) is 7.89. The number of carbonyl (C=O) groups excluding carboxylic acids is 2. The summed E-state index contributed by atoms with van der Waals surface area (Å²) in [6, 6.07) is 9.90. The monoisotopic (exact) mass is 454 g/mol. The molecular formula is C22H25Cl2FN2O3. The Labute approximate surface area is 186 Å². The van der Waals surface area contributed by atoms with Crippen LogP contribution in [-0.2, 0) is 16.1 Å². The Morgan fingerprint density at radius 1 is 1.17 bits per heavy atom. The lowest BCUT2D eigenvalue weighted by atomic mass is 10.1. The van der Waals surface area contributed by atoms with E-state index in [9.17, 15) is 14.0 Å². The summed E-state index contributed by atoms with van der Waals surface area (Å²) < 4.78 is 19.2. The molecule has 0 radical (unpaired) electrons. The van der Waals surface area contributed by atoms with Gasteiger partial charge in [0.2, 0.25) is 5.91 Å². The molecule has 5 nitrogen and oxygen atoms in total. The maximum absolute atomic E-state index is 13.8. The van der Waals surface area contributed by atoms with Crippen LogP contribution in [-0.4, -0.2) is 34.9 Å². The average Bonchev–Trinajstić information content (AvgIpc) is 2.64. The molecule has 0 saturated heterocycles. The first-order valence-corrected chi connectivity index (χ1v) is 10.2. The Bertz CT molecular complexity index is 915. The summed E-state index contributed by atoms with van der Waals surface area (Å²) in [4.78, 5) is 27.0. The van der Waals surface area contributed by atoms with Gasteiger partial charge in [0.25, 0.3) is 5.91 Å². The molecule has 0 saturated carbocycles. The van der Waals surface area contributed by atoms with E-state index >= 15 is 0 Å². The van der Waals surface area contributed by atoms with Crippen LogP contribution in [0.25, 0.3) is 0 Å². The maximum atomic E-state index is 13.8. The first kappa shape index (κ1) is 24.0. The molecule has 0 bridgehead atoms. The first-order chi connectivity index (χ1) is 14.0. The summed E-state index contributed by atoms with van der Waals surface area (Å²) >= 11 is 12.2. The Morgan fingerprint density at radius 3 is 2.43 bits per heavy atom. The molecule has 2 aromatic rings. The number of amides is 2. The van der Waals surface area contributed by atoms with Crippen molar-refractivity contribution in [2.45, 2.75) is 45.8 Å². The van der Waals surface area contributed by atoms with Gasteiger partial charge in [-0.3, -0.25) is 9.59 Å². The number of ether oxygens (including phenoxy) is 1. The highest BCUT2D eigenvalue weighted by Gasteiger charge is 2.29. The van der Waals surface area contributed by atoms with E-state index < -0.39 is 29.9 Å². The molecule has 1 atom stereocenters. The molecule has 2 rings (SSSR count). The fraction of sp³-hybridized carbons (Fsp3) is 0.364. The van der Waals surface area contributed by atoms with Gasteiger partial charge in [0.05, 0.1) is 0 Å². The van der Waals surface area contributed by atoms with Crippen molar-refractivity contribution in [2.75, 3.05) is 6.61 Å². The smallest absolute Gasteiger partial charge is 0.261 e. The Balaban J connectivity index is 2.23. The highest BCUT2D eigenvalue weighted by molar-refractivity contribution is 6.35. The minimum atomic E-state index is -0.812. The highest BCUT2D eigenvalue weighted by Crippen LogP contribution is 2.23. The second-order valence-corrected chi connectivity index (χ2v) is 8.74. The molecule has 0 aliphatic rings. The van der Waals surface area contributed by atoms with E-state index in [0.717, 1.165) is 0 Å². The van der Waals surface area contributed by atoms with Crippen LogP contribution in [0, 0.1) is 5.82 Å². The molecule has 0 unspecified atom stereocenters. The standard InChI is InChI=1S/C22H25Cl2FN2O3/c1-14(21(29)26-22(2,3)4)27(12-15-9-10-16(23)11-17(15)24)20(28)13-30-19-8-6-5-7-18(19)25/h5-11,14H,12-13H2,1-4H3,(H,26,29)/t14-/m1/s1. The number of para-hydroxylation sites is 1. The number of carbonyl (C=O) groups is 2. The van der Waals surface area contributed by atoms with Crippen LogP contribution in [0.3, 0.4) is 0 Å². The summed E-state index contributed by atoms with van der Waals surface area (Å²) in [6.07, 6.45) is 0. The summed E-state index contributed by atoms with van der Waals surface area (Å²) in [5, 5.41) is 3.69. The molecule has 0 aliphatic heterocycles. The third-order valence-corrected chi connectivity index (χ3v) is 4.80. The molecule has 0 heterocycles. The Kier molecular flexibility index (Phi) is 8.10. The topological polar surface area (TPSA) is 58.6 Å². The minimum absolute atomic E-state index is 0.0397. The van der Waals surface area contributed by atoms with E-state index in [1.807, 2.05) is 20.8 Å². The van der Waals surface area contributed by atoms with Crippen molar-refractivity contribution >= 4 is 35.0 Å². The number of rotatable bonds is 7. The molecule has 2 amide bonds. The van der Waals surface area contributed by atoms with Gasteiger partial charge >= 0.3 is 0 Å². The van der Waals surface area contributed by atoms with Gasteiger partial charge in [0.15, 0.2) is 18.2 Å². The molecule has 162 valence electrons. The van der Waals surface area contributed by atoms with Gasteiger partial charge in [-0.2, -0.15) is 0 Å². The number of halogens is 3. The summed E-state index contributed by atoms with van der Waals surface area (Å²) in [6.45, 7) is 6.79. The molecule has 30 heavy (non-hydrogen) atoms. The van der Waals surface area contributed by atoms with Gasteiger partial charge < -0.3 is 15.0 Å². The molecule has 0 spiro atoms. The molecule has 0 aromatic heterocycles. The maximum Gasteiger partial charge on any atom is 0.261 e. The third kappa shape index (κ3) is 6.89. The van der Waals surface area contributed by atoms with Gasteiger partial charge in [0, 0.05) is 22.1 Å². The number of benzene rings is 2. The van der Waals surface area contributed by atoms with Crippen LogP contribution >= 0.6 is 23.2 Å². The van der Waals surface area contributed by atoms with Crippen molar-refractivity contribution in [1.29, 1.82) is 0 Å². The van der Waals surface area contributed by atoms with E-state index in [2.05, 4.69) is 5.32 Å². The molecule has 8 heteroatoms. The highest BCUT2D eigenvalue weighted by atomic mass is 35.5. The van der Waals surface area contributed by atoms with Gasteiger partial charge in [-0.15, -0.1) is 0 Å². The SMILES string of the molecule is C[C@H](C(=O)NC(C)(C)C)N(Cc1ccc(Cl)cc1Cl)C(=O)COc1ccccc1F. The van der Waals surface area contributed by atoms with E-state index in [1.54, 1.807) is 31.2 Å². The molecule has 0 fully saturated rings. The second kappa shape index (κ2) is 10.1. The van der Waals surface area contributed by atoms with Crippen LogP contribution in [0.5, 0.6) is 5.75 Å². The quantitative estimate of drug-likeness (QED) is 0.650. The Hall–Kier alpha value is -2.31. The number of hydrogen-bond acceptors (Lipinski definition) is 3. The van der Waals surface area contributed by atoms with Crippen LogP contribution in [0.2, 0.25) is 10.0 Å². The zero-order valence-electron chi connectivity index (χ0n) is 17.3. The number of nitrogens with zero attached hydrogens (tertiary/aromatic N) is 1. The van der Waals surface area contributed by atoms with E-state index in [4.69, 9.17) is 27.9 Å². The summed E-state index contributed by atoms with van der Waals surface area (Å²) in [5.74, 6) is -1.43. The molecule has 2 aromatic carbocycles. The number of nitrogens with one attached hydrogen (secondary N) is 1. The van der Waals surface area contributed by atoms with E-state index in [1.165, 1.54) is 23.1 Å². The van der Waals surface area contributed by atoms with Crippen LogP contribution in [0.15, 0.2) is 42.5 Å². The summed E-state index contributed by atoms with van der Waals surface area (Å²) in [7, 11) is 0. The van der Waals surface area contributed by atoms with Gasteiger partial charge in [-0.1, -0.05) is 41.4 Å². The summed E-state index contributed by atoms with van der Waals surface area (Å²) in [5.41, 5.74) is 0.150. The van der Waals surface area contributed by atoms with Gasteiger partial charge in [-0.25, -0.2) is 4.39 Å². The van der Waals surface area contributed by atoms with Crippen molar-refractivity contribution in [2.24, 2.45) is 0 Å². The van der Waals surface area contributed by atoms with Crippen LogP contribution in [0.1, 0.15) is 33.3 Å². The third-order valence-electron chi connectivity index (χ3n) is 4.21. The average molecular weight is 455 g/mol. The van der Waals surface area contributed by atoms with Crippen molar-refractivity contribution in [3.05, 3.63) is 63.9 Å². The molecule has 0 aliphatic carbocycles. The van der Waals surface area contributed by atoms with Crippen molar-refractivity contribution in [3.8, 4) is 5.75 Å². The van der Waals surface area contributed by atoms with Crippen molar-refractivity contribution in [1.82, 2.24) is 10.2 Å². The fourth-order valence-electron chi connectivity index (χ4n) is 2.67. The van der Waals surface area contributed by atoms with Crippen molar-refractivity contribution < 1.29 is 18.7 Å². The predicted octanol–water partition coefficient (Wildman–Crippen LogP) is 4.84. The van der Waals surface area contributed by atoms with Gasteiger partial charge in [-0.05, 0) is 57.5 Å². The Morgan fingerprint density at radius 2 is 1.83 bits per heavy atom. The molecular weight excluding hydrogens is 430 g/mol. The first-order valence-electron chi connectivity index (χ1n) is 9.40. The minimum Gasteiger partial charge on any atom is -0.481 e. The molecule has 1 N–H and O–H groups in total. The zero-order chi connectivity index (χ0) is 22.5. The van der Waals surface area contributed by atoms with E-state index in [0.29, 0.717) is 15.6 Å². The lowest BCUT2D eigenvalue weighted by Gasteiger charge is -2.31. The number of hydrogen-bond donors (Lipinski definition) is 1. The zero-order valence-corrected chi connectivity index (χ0v) is 18.9. The lowest BCUT2D eigenvalue weighted by molar-refractivity contribution is -0.142. The van der Waals surface area contributed by atoms with E-state index in [-0.39, 0.29) is 18.2 Å². The fourth-order valence-corrected chi connectivity index (χ4v) is 3.14. The van der Waals surface area contributed by atoms with Crippen molar-refractivity contribution in [3.63, 3.8) is 0 Å². The van der Waals surface area contributed by atoms with Crippen LogP contribution < -0.4 is 10.1 Å². The predicted molar refractivity (Wildman–Crippen MR) is 116 cm³/mol. The largest absolute Gasteiger partial charge is 0.481 e.